The van der Waals surface area contributed by atoms with E-state index in [4.69, 9.17) is 0 Å². The number of rotatable bonds is 7. The molecule has 0 fully saturated rings. The van der Waals surface area contributed by atoms with Crippen LogP contribution in [-0.4, -0.2) is 24.7 Å². The number of nitrogens with one attached hydrogen (secondary N) is 2. The van der Waals surface area contributed by atoms with E-state index < -0.39 is 6.36 Å². The summed E-state index contributed by atoms with van der Waals surface area (Å²) in [6.45, 7) is 0.350. The number of carbonyl (C=O) groups is 2. The molecule has 25 heavy (non-hydrogen) atoms. The van der Waals surface area contributed by atoms with Gasteiger partial charge in [0.05, 0.1) is 4.88 Å². The normalized spacial score (nSPS) is 11.0. The molecule has 5 nitrogen and oxygen atoms in total. The van der Waals surface area contributed by atoms with Gasteiger partial charge in [-0.15, -0.1) is 24.5 Å². The standard InChI is InChI=1S/C16H15F3N2O3S/c17-16(18,19)24-12-7-5-11(6-8-12)21-14(22)4-1-9-20-15(23)13-3-2-10-25-13/h2-3,5-8,10H,1,4,9H2,(H,20,23)(H,21,22). The molecule has 1 heterocycles. The van der Waals surface area contributed by atoms with Gasteiger partial charge in [-0.1, -0.05) is 6.07 Å². The van der Waals surface area contributed by atoms with Gasteiger partial charge in [0.1, 0.15) is 5.75 Å². The summed E-state index contributed by atoms with van der Waals surface area (Å²) in [4.78, 5) is 24.0. The number of halogens is 3. The molecule has 2 aromatic rings. The lowest BCUT2D eigenvalue weighted by atomic mass is 10.2. The number of amides is 2. The van der Waals surface area contributed by atoms with E-state index in [0.717, 1.165) is 12.1 Å². The molecular formula is C16H15F3N2O3S. The second-order valence-corrected chi connectivity index (χ2v) is 5.90. The third-order valence-corrected chi connectivity index (χ3v) is 3.85. The van der Waals surface area contributed by atoms with E-state index in [9.17, 15) is 22.8 Å². The summed E-state index contributed by atoms with van der Waals surface area (Å²) in [5.41, 5.74) is 0.363. The third-order valence-electron chi connectivity index (χ3n) is 2.98. The van der Waals surface area contributed by atoms with Gasteiger partial charge in [0.15, 0.2) is 0 Å². The molecule has 0 spiro atoms. The molecule has 0 aliphatic carbocycles. The Bertz CT molecular complexity index is 700. The summed E-state index contributed by atoms with van der Waals surface area (Å²) < 4.78 is 39.9. The summed E-state index contributed by atoms with van der Waals surface area (Å²) in [6, 6.07) is 8.35. The maximum Gasteiger partial charge on any atom is 0.573 e. The topological polar surface area (TPSA) is 67.4 Å². The van der Waals surface area contributed by atoms with Crippen LogP contribution >= 0.6 is 11.3 Å². The average molecular weight is 372 g/mol. The molecule has 0 atom stereocenters. The zero-order valence-corrected chi connectivity index (χ0v) is 13.7. The second kappa shape index (κ2) is 8.52. The van der Waals surface area contributed by atoms with Gasteiger partial charge in [0.2, 0.25) is 5.91 Å². The van der Waals surface area contributed by atoms with E-state index >= 15 is 0 Å². The summed E-state index contributed by atoms with van der Waals surface area (Å²) in [6.07, 6.45) is -4.14. The molecule has 1 aromatic carbocycles. The molecule has 0 aliphatic heterocycles. The minimum absolute atomic E-state index is 0.172. The van der Waals surface area contributed by atoms with Crippen molar-refractivity contribution in [3.05, 3.63) is 46.7 Å². The number of hydrogen-bond donors (Lipinski definition) is 2. The zero-order valence-electron chi connectivity index (χ0n) is 12.9. The molecule has 134 valence electrons. The first kappa shape index (κ1) is 18.8. The van der Waals surface area contributed by atoms with Crippen molar-refractivity contribution in [2.75, 3.05) is 11.9 Å². The predicted octanol–water partition coefficient (Wildman–Crippen LogP) is 3.80. The number of ether oxygens (including phenoxy) is 1. The number of anilines is 1. The number of alkyl halides is 3. The molecular weight excluding hydrogens is 357 g/mol. The van der Waals surface area contributed by atoms with Gasteiger partial charge in [0, 0.05) is 18.7 Å². The Morgan fingerprint density at radius 1 is 1.12 bits per heavy atom. The van der Waals surface area contributed by atoms with Crippen LogP contribution in [-0.2, 0) is 4.79 Å². The van der Waals surface area contributed by atoms with Crippen molar-refractivity contribution in [3.63, 3.8) is 0 Å². The average Bonchev–Trinajstić information content (AvgIpc) is 3.06. The molecule has 0 saturated heterocycles. The Balaban J connectivity index is 1.69. The summed E-state index contributed by atoms with van der Waals surface area (Å²) >= 11 is 1.33. The SMILES string of the molecule is O=C(CCCNC(=O)c1cccs1)Nc1ccc(OC(F)(F)F)cc1. The molecule has 0 aliphatic rings. The lowest BCUT2D eigenvalue weighted by Crippen LogP contribution is -2.24. The minimum atomic E-state index is -4.75. The van der Waals surface area contributed by atoms with Crippen molar-refractivity contribution < 1.29 is 27.5 Å². The van der Waals surface area contributed by atoms with Gasteiger partial charge < -0.3 is 15.4 Å². The van der Waals surface area contributed by atoms with Crippen LogP contribution in [0.15, 0.2) is 41.8 Å². The highest BCUT2D eigenvalue weighted by Gasteiger charge is 2.30. The van der Waals surface area contributed by atoms with Gasteiger partial charge in [-0.2, -0.15) is 0 Å². The first-order valence-electron chi connectivity index (χ1n) is 7.31. The Labute approximate surface area is 145 Å². The van der Waals surface area contributed by atoms with Crippen molar-refractivity contribution >= 4 is 28.8 Å². The molecule has 0 unspecified atom stereocenters. The lowest BCUT2D eigenvalue weighted by Gasteiger charge is -2.10. The molecule has 2 N–H and O–H groups in total. The smallest absolute Gasteiger partial charge is 0.406 e. The summed E-state index contributed by atoms with van der Waals surface area (Å²) in [7, 11) is 0. The van der Waals surface area contributed by atoms with Gasteiger partial charge in [-0.3, -0.25) is 9.59 Å². The largest absolute Gasteiger partial charge is 0.573 e. The van der Waals surface area contributed by atoms with E-state index in [1.165, 1.54) is 23.5 Å². The number of carbonyl (C=O) groups excluding carboxylic acids is 2. The predicted molar refractivity (Wildman–Crippen MR) is 87.6 cm³/mol. The van der Waals surface area contributed by atoms with Crippen molar-refractivity contribution in [1.82, 2.24) is 5.32 Å². The first-order valence-corrected chi connectivity index (χ1v) is 8.19. The zero-order chi connectivity index (χ0) is 18.3. The van der Waals surface area contributed by atoms with E-state index in [-0.39, 0.29) is 24.0 Å². The van der Waals surface area contributed by atoms with Gasteiger partial charge >= 0.3 is 6.36 Å². The molecule has 9 heteroatoms. The lowest BCUT2D eigenvalue weighted by molar-refractivity contribution is -0.274. The first-order chi connectivity index (χ1) is 11.8. The van der Waals surface area contributed by atoms with Crippen LogP contribution in [0.2, 0.25) is 0 Å². The molecule has 2 rings (SSSR count). The van der Waals surface area contributed by atoms with E-state index in [2.05, 4.69) is 15.4 Å². The Kier molecular flexibility index (Phi) is 6.40. The molecule has 1 aromatic heterocycles. The van der Waals surface area contributed by atoms with Crippen LogP contribution in [0.25, 0.3) is 0 Å². The van der Waals surface area contributed by atoms with Crippen LogP contribution in [0.5, 0.6) is 5.75 Å². The van der Waals surface area contributed by atoms with Gasteiger partial charge in [0.25, 0.3) is 5.91 Å². The maximum atomic E-state index is 12.1. The highest BCUT2D eigenvalue weighted by atomic mass is 32.1. The van der Waals surface area contributed by atoms with Crippen LogP contribution in [0.4, 0.5) is 18.9 Å². The van der Waals surface area contributed by atoms with Crippen molar-refractivity contribution in [3.8, 4) is 5.75 Å². The van der Waals surface area contributed by atoms with Crippen molar-refractivity contribution in [1.29, 1.82) is 0 Å². The highest BCUT2D eigenvalue weighted by molar-refractivity contribution is 7.12. The van der Waals surface area contributed by atoms with E-state index in [1.807, 2.05) is 0 Å². The fourth-order valence-electron chi connectivity index (χ4n) is 1.91. The molecule has 0 radical (unpaired) electrons. The quantitative estimate of drug-likeness (QED) is 0.727. The van der Waals surface area contributed by atoms with Gasteiger partial charge in [-0.05, 0) is 42.1 Å². The third kappa shape index (κ3) is 6.84. The Hall–Kier alpha value is -2.55. The summed E-state index contributed by atoms with van der Waals surface area (Å²) in [5.74, 6) is -0.840. The number of thiophene rings is 1. The second-order valence-electron chi connectivity index (χ2n) is 4.96. The monoisotopic (exact) mass is 372 g/mol. The molecule has 0 bridgehead atoms. The van der Waals surface area contributed by atoms with Crippen molar-refractivity contribution in [2.45, 2.75) is 19.2 Å². The Morgan fingerprint density at radius 2 is 1.84 bits per heavy atom. The van der Waals surface area contributed by atoms with Crippen LogP contribution < -0.4 is 15.4 Å². The minimum Gasteiger partial charge on any atom is -0.406 e. The van der Waals surface area contributed by atoms with E-state index in [1.54, 1.807) is 17.5 Å². The fourth-order valence-corrected chi connectivity index (χ4v) is 2.55. The van der Waals surface area contributed by atoms with Crippen LogP contribution in [0, 0.1) is 0 Å². The molecule has 0 saturated carbocycles. The van der Waals surface area contributed by atoms with E-state index in [0.29, 0.717) is 23.5 Å². The summed E-state index contributed by atoms with van der Waals surface area (Å²) in [5, 5.41) is 7.06. The fraction of sp³-hybridized carbons (Fsp3) is 0.250. The molecule has 2 amide bonds. The Morgan fingerprint density at radius 3 is 2.44 bits per heavy atom. The number of benzene rings is 1. The van der Waals surface area contributed by atoms with Crippen LogP contribution in [0.3, 0.4) is 0 Å². The maximum absolute atomic E-state index is 12.1. The number of hydrogen-bond acceptors (Lipinski definition) is 4. The highest BCUT2D eigenvalue weighted by Crippen LogP contribution is 2.24. The van der Waals surface area contributed by atoms with Crippen LogP contribution in [0.1, 0.15) is 22.5 Å². The van der Waals surface area contributed by atoms with Gasteiger partial charge in [-0.25, -0.2) is 0 Å². The van der Waals surface area contributed by atoms with Crippen molar-refractivity contribution in [2.24, 2.45) is 0 Å².